The van der Waals surface area contributed by atoms with Gasteiger partial charge in [0.15, 0.2) is 0 Å². The van der Waals surface area contributed by atoms with Crippen molar-refractivity contribution < 1.29 is 19.1 Å². The quantitative estimate of drug-likeness (QED) is 0.517. The molecule has 7 heteroatoms. The van der Waals surface area contributed by atoms with E-state index in [0.29, 0.717) is 26.1 Å². The van der Waals surface area contributed by atoms with Crippen molar-refractivity contribution in [2.75, 3.05) is 6.54 Å². The Labute approximate surface area is 198 Å². The second-order valence-electron chi connectivity index (χ2n) is 6.72. The Morgan fingerprint density at radius 1 is 0.697 bits per heavy atom. The lowest BCUT2D eigenvalue weighted by Crippen LogP contribution is -2.26. The lowest BCUT2D eigenvalue weighted by molar-refractivity contribution is -0.119. The van der Waals surface area contributed by atoms with E-state index < -0.39 is 6.09 Å². The maximum absolute atomic E-state index is 11.9. The van der Waals surface area contributed by atoms with E-state index in [-0.39, 0.29) is 18.4 Å². The van der Waals surface area contributed by atoms with E-state index >= 15 is 0 Å². The van der Waals surface area contributed by atoms with E-state index in [1.807, 2.05) is 76.2 Å². The summed E-state index contributed by atoms with van der Waals surface area (Å²) in [5.41, 5.74) is 3.79. The largest absolute Gasteiger partial charge is 0.445 e. The molecule has 0 bridgehead atoms. The molecule has 33 heavy (non-hydrogen) atoms. The molecule has 0 unspecified atom stereocenters. The van der Waals surface area contributed by atoms with Gasteiger partial charge in [-0.3, -0.25) is 9.59 Å². The summed E-state index contributed by atoms with van der Waals surface area (Å²) in [4.78, 5) is 34.2. The molecule has 0 heterocycles. The highest BCUT2D eigenvalue weighted by atomic mass is 16.5. The molecule has 0 atom stereocenters. The first-order valence-corrected chi connectivity index (χ1v) is 11.5. The fraction of sp³-hybridized carbons (Fsp3) is 0.423. The number of rotatable bonds is 9. The highest BCUT2D eigenvalue weighted by molar-refractivity contribution is 5.73. The van der Waals surface area contributed by atoms with Crippen molar-refractivity contribution in [3.63, 3.8) is 0 Å². The van der Waals surface area contributed by atoms with Crippen LogP contribution in [0.2, 0.25) is 0 Å². The van der Waals surface area contributed by atoms with Crippen molar-refractivity contribution in [1.29, 1.82) is 0 Å². The zero-order valence-corrected chi connectivity index (χ0v) is 20.8. The van der Waals surface area contributed by atoms with Crippen LogP contribution in [0.1, 0.15) is 63.8 Å². The molecule has 0 saturated heterocycles. The predicted molar refractivity (Wildman–Crippen MR) is 133 cm³/mol. The van der Waals surface area contributed by atoms with E-state index in [1.165, 1.54) is 13.8 Å². The molecule has 0 saturated carbocycles. The molecule has 0 radical (unpaired) electrons. The van der Waals surface area contributed by atoms with Gasteiger partial charge in [0.2, 0.25) is 11.8 Å². The summed E-state index contributed by atoms with van der Waals surface area (Å²) in [6, 6.07) is 15.4. The highest BCUT2D eigenvalue weighted by Crippen LogP contribution is 2.12. The first-order valence-electron chi connectivity index (χ1n) is 11.5. The van der Waals surface area contributed by atoms with E-state index in [9.17, 15) is 14.4 Å². The molecular formula is C26H39N3O4. The molecule has 7 nitrogen and oxygen atoms in total. The smallest absolute Gasteiger partial charge is 0.407 e. The molecule has 2 rings (SSSR count). The molecule has 3 N–H and O–H groups in total. The summed E-state index contributed by atoms with van der Waals surface area (Å²) in [6.07, 6.45) is 0.128. The van der Waals surface area contributed by atoms with E-state index in [1.54, 1.807) is 0 Å². The number of nitrogens with one attached hydrogen (secondary N) is 3. The van der Waals surface area contributed by atoms with Gasteiger partial charge in [0.25, 0.3) is 0 Å². The Morgan fingerprint density at radius 3 is 1.67 bits per heavy atom. The minimum Gasteiger partial charge on any atom is -0.445 e. The molecule has 0 fully saturated rings. The van der Waals surface area contributed by atoms with E-state index in [2.05, 4.69) is 16.0 Å². The van der Waals surface area contributed by atoms with Crippen LogP contribution in [0.15, 0.2) is 48.5 Å². The summed E-state index contributed by atoms with van der Waals surface area (Å²) in [6.45, 7) is 12.4. The van der Waals surface area contributed by atoms with Gasteiger partial charge in [0.1, 0.15) is 6.61 Å². The number of carbonyl (C=O) groups is 3. The van der Waals surface area contributed by atoms with Crippen molar-refractivity contribution in [2.24, 2.45) is 0 Å². The van der Waals surface area contributed by atoms with Crippen LogP contribution in [0.3, 0.4) is 0 Å². The lowest BCUT2D eigenvalue weighted by atomic mass is 10.0. The van der Waals surface area contributed by atoms with Gasteiger partial charge >= 0.3 is 6.09 Å². The highest BCUT2D eigenvalue weighted by Gasteiger charge is 2.06. The van der Waals surface area contributed by atoms with Crippen LogP contribution in [0, 0.1) is 0 Å². The van der Waals surface area contributed by atoms with Gasteiger partial charge in [-0.1, -0.05) is 76.2 Å². The van der Waals surface area contributed by atoms with Gasteiger partial charge in [-0.2, -0.15) is 0 Å². The first kappa shape index (κ1) is 29.7. The third-order valence-electron chi connectivity index (χ3n) is 4.09. The Hall–Kier alpha value is -3.35. The molecule has 2 aromatic rings. The molecule has 0 aliphatic heterocycles. The maximum atomic E-state index is 11.9. The Balaban J connectivity index is 0.00000242. The maximum Gasteiger partial charge on any atom is 0.407 e. The summed E-state index contributed by atoms with van der Waals surface area (Å²) < 4.78 is 5.20. The number of hydrogen-bond donors (Lipinski definition) is 3. The average molecular weight is 458 g/mol. The second kappa shape index (κ2) is 18.2. The minimum absolute atomic E-state index is 0.110. The molecular weight excluding hydrogens is 418 g/mol. The number of benzene rings is 2. The molecule has 2 aromatic carbocycles. The monoisotopic (exact) mass is 457 g/mol. The fourth-order valence-corrected chi connectivity index (χ4v) is 2.72. The van der Waals surface area contributed by atoms with E-state index in [4.69, 9.17) is 4.74 Å². The Kier molecular flexibility index (Phi) is 16.4. The number of amides is 3. The third kappa shape index (κ3) is 14.4. The topological polar surface area (TPSA) is 96.5 Å². The van der Waals surface area contributed by atoms with Crippen LogP contribution in [-0.4, -0.2) is 24.5 Å². The zero-order chi connectivity index (χ0) is 25.1. The predicted octanol–water partition coefficient (Wildman–Crippen LogP) is 4.48. The standard InChI is InChI=1S/C22H27N3O4.2C2H6/c1-16(26)24-13-20-10-19(11-21(12-20)14-25-17(2)27)8-9-23-22(28)29-15-18-6-4-3-5-7-18;2*1-2/h3-7,10-12H,8-9,13-15H2,1-2H3,(H,23,28)(H,24,26)(H,25,27);2*1-2H3. The van der Waals surface area contributed by atoms with Crippen LogP contribution in [0.4, 0.5) is 4.79 Å². The summed E-state index contributed by atoms with van der Waals surface area (Å²) in [5.74, 6) is -0.219. The Bertz CT molecular complexity index is 802. The molecule has 182 valence electrons. The van der Waals surface area contributed by atoms with Crippen LogP contribution in [-0.2, 0) is 40.4 Å². The summed E-state index contributed by atoms with van der Waals surface area (Å²) in [7, 11) is 0. The molecule has 0 spiro atoms. The van der Waals surface area contributed by atoms with Gasteiger partial charge in [-0.25, -0.2) is 4.79 Å². The summed E-state index contributed by atoms with van der Waals surface area (Å²) >= 11 is 0. The number of ether oxygens (including phenoxy) is 1. The SMILES string of the molecule is CC.CC.CC(=O)NCc1cc(CCNC(=O)OCc2ccccc2)cc(CNC(C)=O)c1. The van der Waals surface area contributed by atoms with Crippen molar-refractivity contribution in [3.8, 4) is 0 Å². The van der Waals surface area contributed by atoms with Gasteiger partial charge < -0.3 is 20.7 Å². The summed E-state index contributed by atoms with van der Waals surface area (Å²) in [5, 5.41) is 8.28. The van der Waals surface area contributed by atoms with Gasteiger partial charge in [0, 0.05) is 33.5 Å². The molecule has 0 aliphatic carbocycles. The first-order chi connectivity index (χ1) is 15.9. The van der Waals surface area contributed by atoms with Crippen LogP contribution in [0.25, 0.3) is 0 Å². The number of hydrogen-bond acceptors (Lipinski definition) is 4. The number of carbonyl (C=O) groups excluding carboxylic acids is 3. The van der Waals surface area contributed by atoms with Gasteiger partial charge in [0.05, 0.1) is 0 Å². The fourth-order valence-electron chi connectivity index (χ4n) is 2.72. The van der Waals surface area contributed by atoms with Crippen molar-refractivity contribution in [1.82, 2.24) is 16.0 Å². The minimum atomic E-state index is -0.471. The zero-order valence-electron chi connectivity index (χ0n) is 20.8. The third-order valence-corrected chi connectivity index (χ3v) is 4.09. The normalized spacial score (nSPS) is 9.27. The van der Waals surface area contributed by atoms with Crippen LogP contribution in [0.5, 0.6) is 0 Å². The molecule has 0 aromatic heterocycles. The van der Waals surface area contributed by atoms with E-state index in [0.717, 1.165) is 22.3 Å². The average Bonchev–Trinajstić information content (AvgIpc) is 2.83. The second-order valence-corrected chi connectivity index (χ2v) is 6.72. The van der Waals surface area contributed by atoms with Crippen molar-refractivity contribution in [3.05, 3.63) is 70.8 Å². The van der Waals surface area contributed by atoms with Crippen LogP contribution >= 0.6 is 0 Å². The number of alkyl carbamates (subject to hydrolysis) is 1. The van der Waals surface area contributed by atoms with Gasteiger partial charge in [-0.15, -0.1) is 0 Å². The molecule has 0 aliphatic rings. The Morgan fingerprint density at radius 2 is 1.18 bits per heavy atom. The lowest BCUT2D eigenvalue weighted by Gasteiger charge is -2.12. The van der Waals surface area contributed by atoms with Crippen LogP contribution < -0.4 is 16.0 Å². The van der Waals surface area contributed by atoms with Crippen molar-refractivity contribution in [2.45, 2.75) is 67.7 Å². The molecule has 3 amide bonds. The van der Waals surface area contributed by atoms with Crippen molar-refractivity contribution >= 4 is 17.9 Å². The van der Waals surface area contributed by atoms with Gasteiger partial charge in [-0.05, 0) is 28.7 Å².